The summed E-state index contributed by atoms with van der Waals surface area (Å²) in [5, 5.41) is 5.83. The van der Waals surface area contributed by atoms with Crippen molar-refractivity contribution in [3.63, 3.8) is 0 Å². The van der Waals surface area contributed by atoms with Gasteiger partial charge < -0.3 is 10.6 Å². The zero-order chi connectivity index (χ0) is 18.5. The third kappa shape index (κ3) is 4.11. The molecule has 0 aliphatic rings. The molecule has 2 N–H and O–H groups in total. The highest BCUT2D eigenvalue weighted by molar-refractivity contribution is 14.1. The maximum atomic E-state index is 12.5. The highest BCUT2D eigenvalue weighted by Crippen LogP contribution is 2.25. The first-order valence-electron chi connectivity index (χ1n) is 8.08. The molecular weight excluding hydrogens is 439 g/mol. The van der Waals surface area contributed by atoms with Crippen LogP contribution in [0.25, 0.3) is 0 Å². The Bertz CT molecular complexity index is 955. The number of amides is 2. The van der Waals surface area contributed by atoms with E-state index >= 15 is 0 Å². The number of hydrogen-bond acceptors (Lipinski definition) is 2. The van der Waals surface area contributed by atoms with Gasteiger partial charge in [0.25, 0.3) is 11.8 Å². The normalized spacial score (nSPS) is 10.2. The molecule has 5 heteroatoms. The summed E-state index contributed by atoms with van der Waals surface area (Å²) in [4.78, 5) is 24.9. The minimum atomic E-state index is -0.185. The minimum Gasteiger partial charge on any atom is -0.322 e. The molecule has 0 aliphatic carbocycles. The van der Waals surface area contributed by atoms with Crippen molar-refractivity contribution < 1.29 is 9.59 Å². The van der Waals surface area contributed by atoms with Crippen molar-refractivity contribution in [1.82, 2.24) is 0 Å². The molecule has 0 bridgehead atoms. The summed E-state index contributed by atoms with van der Waals surface area (Å²) in [6.45, 7) is 1.87. The first-order valence-corrected chi connectivity index (χ1v) is 9.16. The van der Waals surface area contributed by atoms with Crippen LogP contribution >= 0.6 is 22.6 Å². The van der Waals surface area contributed by atoms with Gasteiger partial charge in [0, 0.05) is 20.5 Å². The zero-order valence-electron chi connectivity index (χ0n) is 14.1. The molecule has 0 aliphatic heterocycles. The average Bonchev–Trinajstić information content (AvgIpc) is 2.66. The fourth-order valence-corrected chi connectivity index (χ4v) is 3.16. The number of nitrogens with one attached hydrogen (secondary N) is 2. The van der Waals surface area contributed by atoms with Crippen LogP contribution in [0.5, 0.6) is 0 Å². The second kappa shape index (κ2) is 8.14. The lowest BCUT2D eigenvalue weighted by Gasteiger charge is -2.14. The largest absolute Gasteiger partial charge is 0.322 e. The molecule has 0 fully saturated rings. The third-order valence-electron chi connectivity index (χ3n) is 3.98. The molecule has 3 aromatic rings. The SMILES string of the molecule is Cc1c(NC(=O)c2ccccc2)cccc1NC(=O)c1ccccc1I. The molecule has 0 atom stereocenters. The molecule has 130 valence electrons. The maximum Gasteiger partial charge on any atom is 0.256 e. The fraction of sp³-hybridized carbons (Fsp3) is 0.0476. The van der Waals surface area contributed by atoms with E-state index in [2.05, 4.69) is 33.2 Å². The van der Waals surface area contributed by atoms with Crippen molar-refractivity contribution in [2.75, 3.05) is 10.6 Å². The molecule has 0 saturated heterocycles. The lowest BCUT2D eigenvalue weighted by molar-refractivity contribution is 0.101. The topological polar surface area (TPSA) is 58.2 Å². The Kier molecular flexibility index (Phi) is 5.68. The molecule has 0 saturated carbocycles. The summed E-state index contributed by atoms with van der Waals surface area (Å²) in [6, 6.07) is 21.9. The predicted octanol–water partition coefficient (Wildman–Crippen LogP) is 5.10. The quantitative estimate of drug-likeness (QED) is 0.537. The highest BCUT2D eigenvalue weighted by atomic mass is 127. The summed E-state index contributed by atoms with van der Waals surface area (Å²) >= 11 is 2.14. The van der Waals surface area contributed by atoms with Crippen LogP contribution in [0.15, 0.2) is 72.8 Å². The first-order chi connectivity index (χ1) is 12.6. The van der Waals surface area contributed by atoms with Crippen molar-refractivity contribution >= 4 is 45.8 Å². The van der Waals surface area contributed by atoms with Gasteiger partial charge >= 0.3 is 0 Å². The van der Waals surface area contributed by atoms with Crippen LogP contribution in [0.2, 0.25) is 0 Å². The Morgan fingerprint density at radius 1 is 0.731 bits per heavy atom. The van der Waals surface area contributed by atoms with Gasteiger partial charge in [-0.25, -0.2) is 0 Å². The third-order valence-corrected chi connectivity index (χ3v) is 4.93. The second-order valence-electron chi connectivity index (χ2n) is 5.73. The van der Waals surface area contributed by atoms with Crippen molar-refractivity contribution in [1.29, 1.82) is 0 Å². The minimum absolute atomic E-state index is 0.176. The number of hydrogen-bond donors (Lipinski definition) is 2. The van der Waals surface area contributed by atoms with Crippen molar-refractivity contribution in [2.45, 2.75) is 6.92 Å². The number of benzene rings is 3. The van der Waals surface area contributed by atoms with E-state index in [0.29, 0.717) is 22.5 Å². The Labute approximate surface area is 165 Å². The summed E-state index contributed by atoms with van der Waals surface area (Å²) in [7, 11) is 0. The molecule has 3 rings (SSSR count). The Balaban J connectivity index is 1.80. The molecular formula is C21H17IN2O2. The summed E-state index contributed by atoms with van der Waals surface area (Å²) < 4.78 is 0.883. The molecule has 0 aromatic heterocycles. The standard InChI is InChI=1S/C21H17IN2O2/c1-14-18(23-20(25)15-8-3-2-4-9-15)12-7-13-19(14)24-21(26)16-10-5-6-11-17(16)22/h2-13H,1H3,(H,23,25)(H,24,26). The van der Waals surface area contributed by atoms with E-state index in [0.717, 1.165) is 9.13 Å². The van der Waals surface area contributed by atoms with Crippen LogP contribution in [0.1, 0.15) is 26.3 Å². The summed E-state index contributed by atoms with van der Waals surface area (Å²) in [6.07, 6.45) is 0. The Morgan fingerprint density at radius 2 is 1.31 bits per heavy atom. The molecule has 0 heterocycles. The lowest BCUT2D eigenvalue weighted by Crippen LogP contribution is -2.16. The lowest BCUT2D eigenvalue weighted by atomic mass is 10.1. The monoisotopic (exact) mass is 456 g/mol. The van der Waals surface area contributed by atoms with Crippen molar-refractivity contribution in [3.05, 3.63) is 93.1 Å². The maximum absolute atomic E-state index is 12.5. The van der Waals surface area contributed by atoms with Gasteiger partial charge in [-0.15, -0.1) is 0 Å². The molecule has 0 radical (unpaired) electrons. The number of halogens is 1. The fourth-order valence-electron chi connectivity index (χ4n) is 2.53. The van der Waals surface area contributed by atoms with Crippen LogP contribution < -0.4 is 10.6 Å². The van der Waals surface area contributed by atoms with Gasteiger partial charge in [0.05, 0.1) is 5.56 Å². The first kappa shape index (κ1) is 18.1. The van der Waals surface area contributed by atoms with E-state index in [-0.39, 0.29) is 11.8 Å². The summed E-state index contributed by atoms with van der Waals surface area (Å²) in [5.41, 5.74) is 3.34. The predicted molar refractivity (Wildman–Crippen MR) is 113 cm³/mol. The molecule has 4 nitrogen and oxygen atoms in total. The zero-order valence-corrected chi connectivity index (χ0v) is 16.3. The van der Waals surface area contributed by atoms with Crippen LogP contribution in [0.4, 0.5) is 11.4 Å². The van der Waals surface area contributed by atoms with E-state index < -0.39 is 0 Å². The van der Waals surface area contributed by atoms with E-state index in [9.17, 15) is 9.59 Å². The van der Waals surface area contributed by atoms with Crippen LogP contribution in [-0.4, -0.2) is 11.8 Å². The van der Waals surface area contributed by atoms with Gasteiger partial charge in [0.2, 0.25) is 0 Å². The van der Waals surface area contributed by atoms with E-state index in [4.69, 9.17) is 0 Å². The number of anilines is 2. The van der Waals surface area contributed by atoms with Crippen LogP contribution in [0.3, 0.4) is 0 Å². The smallest absolute Gasteiger partial charge is 0.256 e. The molecule has 3 aromatic carbocycles. The van der Waals surface area contributed by atoms with Gasteiger partial charge in [-0.3, -0.25) is 9.59 Å². The molecule has 2 amide bonds. The second-order valence-corrected chi connectivity index (χ2v) is 6.89. The van der Waals surface area contributed by atoms with Crippen molar-refractivity contribution in [2.24, 2.45) is 0 Å². The van der Waals surface area contributed by atoms with E-state index in [1.54, 1.807) is 24.3 Å². The van der Waals surface area contributed by atoms with Gasteiger partial charge in [-0.05, 0) is 71.5 Å². The Morgan fingerprint density at radius 3 is 1.96 bits per heavy atom. The van der Waals surface area contributed by atoms with E-state index in [1.807, 2.05) is 55.5 Å². The van der Waals surface area contributed by atoms with Gasteiger partial charge in [-0.2, -0.15) is 0 Å². The molecule has 0 unspecified atom stereocenters. The number of rotatable bonds is 4. The number of carbonyl (C=O) groups excluding carboxylic acids is 2. The van der Waals surface area contributed by atoms with Crippen LogP contribution in [0, 0.1) is 10.5 Å². The molecule has 0 spiro atoms. The average molecular weight is 456 g/mol. The van der Waals surface area contributed by atoms with Gasteiger partial charge in [-0.1, -0.05) is 36.4 Å². The van der Waals surface area contributed by atoms with Crippen LogP contribution in [-0.2, 0) is 0 Å². The van der Waals surface area contributed by atoms with Gasteiger partial charge in [0.1, 0.15) is 0 Å². The number of carbonyl (C=O) groups is 2. The Hall–Kier alpha value is -2.67. The van der Waals surface area contributed by atoms with Gasteiger partial charge in [0.15, 0.2) is 0 Å². The summed E-state index contributed by atoms with van der Waals surface area (Å²) in [5.74, 6) is -0.362. The molecule has 26 heavy (non-hydrogen) atoms. The van der Waals surface area contributed by atoms with E-state index in [1.165, 1.54) is 0 Å². The van der Waals surface area contributed by atoms with Crippen molar-refractivity contribution in [3.8, 4) is 0 Å². The highest BCUT2D eigenvalue weighted by Gasteiger charge is 2.13.